The minimum atomic E-state index is -0.948. The third-order valence-corrected chi connectivity index (χ3v) is 4.90. The number of thioether (sulfide) groups is 1. The number of nitrogens with zero attached hydrogens (tertiary/aromatic N) is 2. The van der Waals surface area contributed by atoms with Crippen molar-refractivity contribution in [2.45, 2.75) is 13.6 Å². The summed E-state index contributed by atoms with van der Waals surface area (Å²) in [5.74, 6) is -1.87. The van der Waals surface area contributed by atoms with Crippen molar-refractivity contribution in [3.8, 4) is 0 Å². The predicted molar refractivity (Wildman–Crippen MR) is 66.6 cm³/mol. The highest BCUT2D eigenvalue weighted by molar-refractivity contribution is 8.03. The van der Waals surface area contributed by atoms with Crippen LogP contribution in [0, 0.1) is 11.6 Å². The van der Waals surface area contributed by atoms with Gasteiger partial charge in [-0.2, -0.15) is 0 Å². The molecule has 1 aromatic carbocycles. The molecule has 0 aliphatic carbocycles. The van der Waals surface area contributed by atoms with Crippen molar-refractivity contribution >= 4 is 40.5 Å². The van der Waals surface area contributed by atoms with Gasteiger partial charge in [-0.3, -0.25) is 0 Å². The molecule has 17 heavy (non-hydrogen) atoms. The van der Waals surface area contributed by atoms with Gasteiger partial charge >= 0.3 is 0 Å². The zero-order valence-electron chi connectivity index (χ0n) is 8.61. The van der Waals surface area contributed by atoms with Crippen LogP contribution in [0.25, 0.3) is 0 Å². The zero-order chi connectivity index (χ0) is 12.4. The van der Waals surface area contributed by atoms with Crippen molar-refractivity contribution in [2.75, 3.05) is 12.0 Å². The maximum Gasteiger partial charge on any atom is 0.180 e. The van der Waals surface area contributed by atoms with E-state index in [4.69, 9.17) is 5.73 Å². The average Bonchev–Trinajstić information content (AvgIpc) is 2.77. The molecule has 0 atom stereocenters. The molecule has 1 aromatic heterocycles. The van der Waals surface area contributed by atoms with Crippen LogP contribution < -0.4 is 5.73 Å². The Morgan fingerprint density at radius 1 is 1.24 bits per heavy atom. The smallest absolute Gasteiger partial charge is 0.180 e. The second-order valence-electron chi connectivity index (χ2n) is 2.92. The lowest BCUT2D eigenvalue weighted by molar-refractivity contribution is 0.492. The Labute approximate surface area is 109 Å². The highest BCUT2D eigenvalue weighted by Crippen LogP contribution is 2.37. The summed E-state index contributed by atoms with van der Waals surface area (Å²) >= 11 is 3.74. The summed E-state index contributed by atoms with van der Waals surface area (Å²) in [6, 6.07) is 2.33. The first kappa shape index (κ1) is 12.6. The summed E-state index contributed by atoms with van der Waals surface area (Å²) in [5.41, 5.74) is 5.79. The monoisotopic (exact) mass is 291 g/mol. The predicted octanol–water partition coefficient (Wildman–Crippen LogP) is 3.27. The molecular weight excluding hydrogens is 284 g/mol. The van der Waals surface area contributed by atoms with Gasteiger partial charge in [-0.15, -0.1) is 10.2 Å². The summed E-state index contributed by atoms with van der Waals surface area (Å²) in [7, 11) is 0. The van der Waals surface area contributed by atoms with Crippen LogP contribution in [0.3, 0.4) is 0 Å². The van der Waals surface area contributed by atoms with Gasteiger partial charge in [0.1, 0.15) is 0 Å². The lowest BCUT2D eigenvalue weighted by Gasteiger charge is -2.04. The fourth-order valence-corrected chi connectivity index (χ4v) is 3.51. The van der Waals surface area contributed by atoms with Crippen molar-refractivity contribution in [1.82, 2.24) is 10.2 Å². The van der Waals surface area contributed by atoms with Crippen molar-refractivity contribution in [3.63, 3.8) is 0 Å². The molecule has 2 N–H and O–H groups in total. The van der Waals surface area contributed by atoms with Gasteiger partial charge in [-0.1, -0.05) is 34.9 Å². The Morgan fingerprint density at radius 3 is 2.59 bits per heavy atom. The van der Waals surface area contributed by atoms with Gasteiger partial charge in [-0.05, 0) is 18.4 Å². The first-order valence-electron chi connectivity index (χ1n) is 4.40. The van der Waals surface area contributed by atoms with Crippen LogP contribution >= 0.6 is 34.9 Å². The van der Waals surface area contributed by atoms with Crippen LogP contribution in [0.5, 0.6) is 0 Å². The molecule has 2 rings (SSSR count). The molecule has 0 saturated carbocycles. The average molecular weight is 291 g/mol. The molecule has 2 aromatic rings. The van der Waals surface area contributed by atoms with Crippen LogP contribution in [0.2, 0.25) is 0 Å². The van der Waals surface area contributed by atoms with E-state index < -0.39 is 11.6 Å². The van der Waals surface area contributed by atoms with Crippen LogP contribution in [-0.4, -0.2) is 16.5 Å². The molecule has 3 nitrogen and oxygen atoms in total. The van der Waals surface area contributed by atoms with Crippen molar-refractivity contribution in [3.05, 3.63) is 23.8 Å². The Kier molecular flexibility index (Phi) is 3.85. The third kappa shape index (κ3) is 2.70. The Balaban J connectivity index is 2.32. The quantitative estimate of drug-likeness (QED) is 0.695. The normalized spacial score (nSPS) is 10.8. The number of halogens is 2. The minimum absolute atomic E-state index is 0.0498. The first-order valence-corrected chi connectivity index (χ1v) is 7.26. The maximum absolute atomic E-state index is 13.5. The molecule has 0 bridgehead atoms. The van der Waals surface area contributed by atoms with Crippen LogP contribution in [0.4, 0.5) is 14.5 Å². The summed E-state index contributed by atoms with van der Waals surface area (Å²) in [4.78, 5) is 0.0498. The molecule has 0 unspecified atom stereocenters. The summed E-state index contributed by atoms with van der Waals surface area (Å²) in [5, 5.41) is 7.73. The lowest BCUT2D eigenvalue weighted by Crippen LogP contribution is -1.95. The highest BCUT2D eigenvalue weighted by Gasteiger charge is 2.15. The Bertz CT molecular complexity index is 544. The number of hydrogen-bond donors (Lipinski definition) is 1. The molecule has 0 aliphatic rings. The standard InChI is InChI=1S/C9H7F2N3S3/c1-15-8-13-14-9(17-8)16-7-5(12)3-2-4(10)6(7)11/h2-3H,12H2,1H3. The topological polar surface area (TPSA) is 51.8 Å². The molecule has 8 heteroatoms. The van der Waals surface area contributed by atoms with Crippen LogP contribution in [-0.2, 0) is 0 Å². The number of nitrogens with two attached hydrogens (primary N) is 1. The summed E-state index contributed by atoms with van der Waals surface area (Å²) in [6.07, 6.45) is 1.87. The fraction of sp³-hybridized carbons (Fsp3) is 0.111. The van der Waals surface area contributed by atoms with Gasteiger partial charge in [-0.25, -0.2) is 8.78 Å². The third-order valence-electron chi connectivity index (χ3n) is 1.83. The van der Waals surface area contributed by atoms with Gasteiger partial charge < -0.3 is 5.73 Å². The number of benzene rings is 1. The largest absolute Gasteiger partial charge is 0.398 e. The second kappa shape index (κ2) is 5.19. The molecule has 0 saturated heterocycles. The van der Waals surface area contributed by atoms with Gasteiger partial charge in [0.05, 0.1) is 4.90 Å². The molecule has 1 heterocycles. The van der Waals surface area contributed by atoms with E-state index in [1.54, 1.807) is 0 Å². The summed E-state index contributed by atoms with van der Waals surface area (Å²) < 4.78 is 27.9. The zero-order valence-corrected chi connectivity index (χ0v) is 11.1. The number of rotatable bonds is 3. The van der Waals surface area contributed by atoms with E-state index in [1.165, 1.54) is 29.2 Å². The van der Waals surface area contributed by atoms with E-state index in [1.807, 2.05) is 6.26 Å². The van der Waals surface area contributed by atoms with E-state index >= 15 is 0 Å². The molecule has 0 aliphatic heterocycles. The van der Waals surface area contributed by atoms with Gasteiger partial charge in [0.2, 0.25) is 0 Å². The SMILES string of the molecule is CSc1nnc(Sc2c(N)ccc(F)c2F)s1. The number of hydrogen-bond acceptors (Lipinski definition) is 6. The molecule has 0 fully saturated rings. The van der Waals surface area contributed by atoms with E-state index in [9.17, 15) is 8.78 Å². The fourth-order valence-electron chi connectivity index (χ4n) is 1.06. The van der Waals surface area contributed by atoms with Crippen LogP contribution in [0.1, 0.15) is 0 Å². The van der Waals surface area contributed by atoms with Gasteiger partial charge in [0.15, 0.2) is 20.3 Å². The number of anilines is 1. The highest BCUT2D eigenvalue weighted by atomic mass is 32.2. The minimum Gasteiger partial charge on any atom is -0.398 e. The number of nitrogen functional groups attached to an aromatic ring is 1. The molecular formula is C9H7F2N3S3. The second-order valence-corrected chi connectivity index (χ2v) is 6.21. The van der Waals surface area contributed by atoms with Gasteiger partial charge in [0.25, 0.3) is 0 Å². The number of aromatic nitrogens is 2. The van der Waals surface area contributed by atoms with E-state index in [-0.39, 0.29) is 10.6 Å². The Morgan fingerprint density at radius 2 is 1.94 bits per heavy atom. The van der Waals surface area contributed by atoms with E-state index in [2.05, 4.69) is 10.2 Å². The van der Waals surface area contributed by atoms with Crippen LogP contribution in [0.15, 0.2) is 25.7 Å². The van der Waals surface area contributed by atoms with Crippen molar-refractivity contribution < 1.29 is 8.78 Å². The van der Waals surface area contributed by atoms with E-state index in [0.717, 1.165) is 22.2 Å². The Hall–Kier alpha value is -0.860. The first-order chi connectivity index (χ1) is 8.11. The molecule has 90 valence electrons. The van der Waals surface area contributed by atoms with Crippen molar-refractivity contribution in [1.29, 1.82) is 0 Å². The molecule has 0 spiro atoms. The maximum atomic E-state index is 13.5. The van der Waals surface area contributed by atoms with Crippen molar-refractivity contribution in [2.24, 2.45) is 0 Å². The molecule has 0 radical (unpaired) electrons. The molecule has 0 amide bonds. The summed E-state index contributed by atoms with van der Waals surface area (Å²) in [6.45, 7) is 0. The van der Waals surface area contributed by atoms with Gasteiger partial charge in [0, 0.05) is 5.69 Å². The van der Waals surface area contributed by atoms with E-state index in [0.29, 0.717) is 4.34 Å². The lowest BCUT2D eigenvalue weighted by atomic mass is 10.3.